The molecule has 3 aromatic carbocycles. The molecule has 0 bridgehead atoms. The molecule has 24 heavy (non-hydrogen) atoms. The van der Waals surface area contributed by atoms with Crippen LogP contribution in [0.4, 0.5) is 0 Å². The van der Waals surface area contributed by atoms with Crippen molar-refractivity contribution in [2.24, 2.45) is 0 Å². The fraction of sp³-hybridized carbons (Fsp3) is 0.273. The van der Waals surface area contributed by atoms with Crippen molar-refractivity contribution in [1.29, 1.82) is 0 Å². The first-order valence-electron chi connectivity index (χ1n) is 8.53. The van der Waals surface area contributed by atoms with E-state index in [1.807, 2.05) is 6.07 Å². The van der Waals surface area contributed by atoms with Crippen molar-refractivity contribution in [3.05, 3.63) is 77.9 Å². The zero-order valence-electron chi connectivity index (χ0n) is 14.6. The Morgan fingerprint density at radius 2 is 1.54 bits per heavy atom. The predicted molar refractivity (Wildman–Crippen MR) is 102 cm³/mol. The molecule has 0 saturated carbocycles. The minimum Gasteiger partial charge on any atom is -0.497 e. The smallest absolute Gasteiger partial charge is 0.119 e. The average Bonchev–Trinajstić information content (AvgIpc) is 2.65. The van der Waals surface area contributed by atoms with Crippen LogP contribution < -0.4 is 10.1 Å². The molecular formula is C22H25NO. The number of rotatable bonds is 6. The normalized spacial score (nSPS) is 13.6. The van der Waals surface area contributed by atoms with Crippen molar-refractivity contribution in [1.82, 2.24) is 5.32 Å². The minimum absolute atomic E-state index is 0.360. The van der Waals surface area contributed by atoms with Gasteiger partial charge in [0, 0.05) is 12.6 Å². The molecule has 0 fully saturated rings. The zero-order valence-corrected chi connectivity index (χ0v) is 14.6. The van der Waals surface area contributed by atoms with Crippen LogP contribution in [-0.2, 0) is 0 Å². The van der Waals surface area contributed by atoms with Crippen LogP contribution in [-0.4, -0.2) is 13.7 Å². The lowest BCUT2D eigenvalue weighted by Crippen LogP contribution is -2.23. The Morgan fingerprint density at radius 3 is 2.29 bits per heavy atom. The van der Waals surface area contributed by atoms with E-state index in [0.29, 0.717) is 12.0 Å². The third kappa shape index (κ3) is 3.77. The first-order chi connectivity index (χ1) is 11.7. The van der Waals surface area contributed by atoms with Gasteiger partial charge in [-0.25, -0.2) is 0 Å². The fourth-order valence-electron chi connectivity index (χ4n) is 3.01. The van der Waals surface area contributed by atoms with Gasteiger partial charge in [-0.3, -0.25) is 0 Å². The van der Waals surface area contributed by atoms with Gasteiger partial charge in [-0.1, -0.05) is 61.5 Å². The second kappa shape index (κ2) is 7.50. The van der Waals surface area contributed by atoms with Crippen LogP contribution in [0.3, 0.4) is 0 Å². The molecule has 2 unspecified atom stereocenters. The molecule has 0 radical (unpaired) electrons. The fourth-order valence-corrected chi connectivity index (χ4v) is 3.01. The molecule has 0 aromatic heterocycles. The Kier molecular flexibility index (Phi) is 5.17. The van der Waals surface area contributed by atoms with Gasteiger partial charge in [0.2, 0.25) is 0 Å². The Balaban J connectivity index is 1.68. The zero-order chi connectivity index (χ0) is 16.9. The van der Waals surface area contributed by atoms with Gasteiger partial charge in [-0.2, -0.15) is 0 Å². The molecule has 1 N–H and O–H groups in total. The van der Waals surface area contributed by atoms with Gasteiger partial charge in [0.25, 0.3) is 0 Å². The number of ether oxygens (including phenoxy) is 1. The summed E-state index contributed by atoms with van der Waals surface area (Å²) in [6, 6.07) is 23.9. The lowest BCUT2D eigenvalue weighted by Gasteiger charge is -2.19. The van der Waals surface area contributed by atoms with E-state index in [2.05, 4.69) is 79.8 Å². The molecule has 3 aromatic rings. The lowest BCUT2D eigenvalue weighted by molar-refractivity contribution is 0.415. The van der Waals surface area contributed by atoms with E-state index in [-0.39, 0.29) is 0 Å². The van der Waals surface area contributed by atoms with E-state index < -0.39 is 0 Å². The highest BCUT2D eigenvalue weighted by Gasteiger charge is 2.10. The summed E-state index contributed by atoms with van der Waals surface area (Å²) >= 11 is 0. The van der Waals surface area contributed by atoms with Gasteiger partial charge in [-0.15, -0.1) is 0 Å². The largest absolute Gasteiger partial charge is 0.497 e. The summed E-state index contributed by atoms with van der Waals surface area (Å²) in [5.74, 6) is 1.37. The van der Waals surface area contributed by atoms with Crippen molar-refractivity contribution >= 4 is 10.8 Å². The van der Waals surface area contributed by atoms with Crippen molar-refractivity contribution in [2.45, 2.75) is 25.8 Å². The van der Waals surface area contributed by atoms with Gasteiger partial charge >= 0.3 is 0 Å². The van der Waals surface area contributed by atoms with Gasteiger partial charge in [0.05, 0.1) is 7.11 Å². The maximum absolute atomic E-state index is 5.30. The number of fused-ring (bicyclic) bond motifs is 1. The number of hydrogen-bond donors (Lipinski definition) is 1. The van der Waals surface area contributed by atoms with E-state index in [0.717, 1.165) is 12.3 Å². The summed E-state index contributed by atoms with van der Waals surface area (Å²) < 4.78 is 5.30. The van der Waals surface area contributed by atoms with E-state index in [4.69, 9.17) is 4.74 Å². The summed E-state index contributed by atoms with van der Waals surface area (Å²) in [5.41, 5.74) is 2.69. The maximum atomic E-state index is 5.30. The highest BCUT2D eigenvalue weighted by molar-refractivity contribution is 5.84. The monoisotopic (exact) mass is 319 g/mol. The Hall–Kier alpha value is -2.32. The topological polar surface area (TPSA) is 21.3 Å². The van der Waals surface area contributed by atoms with Crippen LogP contribution in [0.2, 0.25) is 0 Å². The third-order valence-electron chi connectivity index (χ3n) is 4.67. The molecule has 0 spiro atoms. The van der Waals surface area contributed by atoms with Crippen LogP contribution in [0.5, 0.6) is 5.75 Å². The van der Waals surface area contributed by atoms with Crippen LogP contribution in [0.1, 0.15) is 36.9 Å². The maximum Gasteiger partial charge on any atom is 0.119 e. The molecule has 0 heterocycles. The van der Waals surface area contributed by atoms with Crippen LogP contribution in [0.25, 0.3) is 10.8 Å². The Morgan fingerprint density at radius 1 is 0.833 bits per heavy atom. The number of methoxy groups -OCH3 is 1. The SMILES string of the molecule is COc1ccc2cc(C(C)CNC(C)c3ccccc3)ccc2c1. The first-order valence-corrected chi connectivity index (χ1v) is 8.53. The molecule has 3 rings (SSSR count). The average molecular weight is 319 g/mol. The molecule has 2 heteroatoms. The van der Waals surface area contributed by atoms with E-state index >= 15 is 0 Å². The number of nitrogens with one attached hydrogen (secondary N) is 1. The highest BCUT2D eigenvalue weighted by Crippen LogP contribution is 2.25. The van der Waals surface area contributed by atoms with Gasteiger partial charge in [0.15, 0.2) is 0 Å². The molecular weight excluding hydrogens is 294 g/mol. The summed E-state index contributed by atoms with van der Waals surface area (Å²) in [4.78, 5) is 0. The van der Waals surface area contributed by atoms with Gasteiger partial charge < -0.3 is 10.1 Å². The van der Waals surface area contributed by atoms with Crippen LogP contribution >= 0.6 is 0 Å². The molecule has 0 saturated heterocycles. The van der Waals surface area contributed by atoms with Gasteiger partial charge in [-0.05, 0) is 46.9 Å². The summed E-state index contributed by atoms with van der Waals surface area (Å²) in [6.45, 7) is 5.45. The van der Waals surface area contributed by atoms with Crippen molar-refractivity contribution in [3.8, 4) is 5.75 Å². The summed E-state index contributed by atoms with van der Waals surface area (Å²) in [6.07, 6.45) is 0. The highest BCUT2D eigenvalue weighted by atomic mass is 16.5. The van der Waals surface area contributed by atoms with Gasteiger partial charge in [0.1, 0.15) is 5.75 Å². The van der Waals surface area contributed by atoms with Crippen LogP contribution in [0.15, 0.2) is 66.7 Å². The molecule has 124 valence electrons. The minimum atomic E-state index is 0.360. The molecule has 0 amide bonds. The van der Waals surface area contributed by atoms with Crippen LogP contribution in [0, 0.1) is 0 Å². The molecule has 0 aliphatic rings. The quantitative estimate of drug-likeness (QED) is 0.665. The molecule has 2 atom stereocenters. The molecule has 0 aliphatic heterocycles. The molecule has 0 aliphatic carbocycles. The predicted octanol–water partition coefficient (Wildman–Crippen LogP) is 5.30. The molecule has 2 nitrogen and oxygen atoms in total. The van der Waals surface area contributed by atoms with E-state index in [9.17, 15) is 0 Å². The Labute approximate surface area is 144 Å². The summed E-state index contributed by atoms with van der Waals surface area (Å²) in [5, 5.41) is 6.12. The Bertz CT molecular complexity index is 797. The van der Waals surface area contributed by atoms with Crippen molar-refractivity contribution in [3.63, 3.8) is 0 Å². The third-order valence-corrected chi connectivity index (χ3v) is 4.67. The van der Waals surface area contributed by atoms with E-state index in [1.54, 1.807) is 7.11 Å². The standard InChI is InChI=1S/C22H25NO/c1-16(15-23-17(2)18-7-5-4-6-8-18)19-9-10-21-14-22(24-3)12-11-20(21)13-19/h4-14,16-17,23H,15H2,1-3H3. The summed E-state index contributed by atoms with van der Waals surface area (Å²) in [7, 11) is 1.71. The van der Waals surface area contributed by atoms with Crippen molar-refractivity contribution < 1.29 is 4.74 Å². The number of benzene rings is 3. The van der Waals surface area contributed by atoms with E-state index in [1.165, 1.54) is 21.9 Å². The second-order valence-electron chi connectivity index (χ2n) is 6.41. The van der Waals surface area contributed by atoms with Crippen molar-refractivity contribution in [2.75, 3.05) is 13.7 Å². The second-order valence-corrected chi connectivity index (χ2v) is 6.41. The number of hydrogen-bond acceptors (Lipinski definition) is 2. The lowest BCUT2D eigenvalue weighted by atomic mass is 9.97. The first kappa shape index (κ1) is 16.5.